The molecular weight excluding hydrogens is 578 g/mol. The molecule has 0 heterocycles. The van der Waals surface area contributed by atoms with Crippen LogP contribution in [0.5, 0.6) is 0 Å². The third kappa shape index (κ3) is 38.1. The molecule has 0 aromatic carbocycles. The van der Waals surface area contributed by atoms with Crippen LogP contribution in [0, 0.1) is 0 Å². The number of methoxy groups -OCH3 is 1. The lowest BCUT2D eigenvalue weighted by Gasteiger charge is -2.23. The maximum atomic E-state index is 12.9. The highest BCUT2D eigenvalue weighted by Crippen LogP contribution is 2.16. The Morgan fingerprint density at radius 2 is 0.638 bits per heavy atom. The van der Waals surface area contributed by atoms with Crippen LogP contribution in [0.15, 0.2) is 0 Å². The highest BCUT2D eigenvalue weighted by atomic mass is 16.5. The molecule has 0 spiro atoms. The van der Waals surface area contributed by atoms with Gasteiger partial charge in [0, 0.05) is 20.2 Å². The third-order valence-electron chi connectivity index (χ3n) is 10.1. The molecule has 0 aliphatic carbocycles. The van der Waals surface area contributed by atoms with E-state index in [1.165, 1.54) is 205 Å². The molecule has 0 aliphatic rings. The summed E-state index contributed by atoms with van der Waals surface area (Å²) in [6.07, 6.45) is 47.1. The summed E-state index contributed by atoms with van der Waals surface area (Å²) in [4.78, 5) is 15.0. The Hall–Kier alpha value is -0.610. The average molecular weight is 666 g/mol. The van der Waals surface area contributed by atoms with Crippen LogP contribution in [0.25, 0.3) is 0 Å². The summed E-state index contributed by atoms with van der Waals surface area (Å²) in [6.45, 7) is 7.62. The molecule has 0 aromatic rings. The molecule has 0 aromatic heterocycles. The first-order chi connectivity index (χ1) is 23.3. The molecule has 0 atom stereocenters. The molecule has 47 heavy (non-hydrogen) atoms. The van der Waals surface area contributed by atoms with E-state index >= 15 is 0 Å². The predicted molar refractivity (Wildman–Crippen MR) is 208 cm³/mol. The van der Waals surface area contributed by atoms with Gasteiger partial charge in [0.25, 0.3) is 0 Å². The van der Waals surface area contributed by atoms with E-state index in [1.807, 2.05) is 0 Å². The van der Waals surface area contributed by atoms with Crippen LogP contribution in [-0.2, 0) is 14.3 Å². The van der Waals surface area contributed by atoms with Gasteiger partial charge >= 0.3 is 0 Å². The second-order valence-corrected chi connectivity index (χ2v) is 14.7. The zero-order valence-corrected chi connectivity index (χ0v) is 32.7. The van der Waals surface area contributed by atoms with Crippen molar-refractivity contribution in [1.82, 2.24) is 4.90 Å². The van der Waals surface area contributed by atoms with Crippen LogP contribution in [0.2, 0.25) is 0 Å². The number of ether oxygens (including phenoxy) is 2. The van der Waals surface area contributed by atoms with Crippen molar-refractivity contribution in [1.29, 1.82) is 0 Å². The van der Waals surface area contributed by atoms with Crippen molar-refractivity contribution in [3.8, 4) is 0 Å². The fraction of sp³-hybridized carbons (Fsp3) is 0.977. The third-order valence-corrected chi connectivity index (χ3v) is 10.1. The first-order valence-corrected chi connectivity index (χ1v) is 21.6. The van der Waals surface area contributed by atoms with Gasteiger partial charge < -0.3 is 14.4 Å². The van der Waals surface area contributed by atoms with Gasteiger partial charge in [-0.1, -0.05) is 219 Å². The zero-order chi connectivity index (χ0) is 34.1. The SMILES string of the molecule is CCCCCCCCCCCCCCCCCCCN(CCCCCCCCCCCCCCCCCCC)C(=O)COCCOC. The lowest BCUT2D eigenvalue weighted by atomic mass is 10.0. The van der Waals surface area contributed by atoms with Crippen LogP contribution < -0.4 is 0 Å². The lowest BCUT2D eigenvalue weighted by Crippen LogP contribution is -2.36. The monoisotopic (exact) mass is 666 g/mol. The second kappa shape index (κ2) is 41.6. The Morgan fingerprint density at radius 3 is 0.894 bits per heavy atom. The van der Waals surface area contributed by atoms with E-state index < -0.39 is 0 Å². The second-order valence-electron chi connectivity index (χ2n) is 14.7. The molecule has 0 rings (SSSR count). The van der Waals surface area contributed by atoms with Gasteiger partial charge in [-0.2, -0.15) is 0 Å². The summed E-state index contributed by atoms with van der Waals surface area (Å²) in [6, 6.07) is 0. The van der Waals surface area contributed by atoms with Crippen molar-refractivity contribution in [2.75, 3.05) is 40.0 Å². The highest BCUT2D eigenvalue weighted by molar-refractivity contribution is 5.77. The smallest absolute Gasteiger partial charge is 0.248 e. The first kappa shape index (κ1) is 46.4. The normalized spacial score (nSPS) is 11.5. The molecule has 0 N–H and O–H groups in total. The summed E-state index contributed by atoms with van der Waals surface area (Å²) >= 11 is 0. The van der Waals surface area contributed by atoms with Crippen molar-refractivity contribution in [3.05, 3.63) is 0 Å². The molecule has 4 nitrogen and oxygen atoms in total. The molecule has 0 fully saturated rings. The van der Waals surface area contributed by atoms with E-state index in [1.54, 1.807) is 7.11 Å². The minimum absolute atomic E-state index is 0.161. The van der Waals surface area contributed by atoms with E-state index in [9.17, 15) is 4.79 Å². The van der Waals surface area contributed by atoms with Crippen molar-refractivity contribution < 1.29 is 14.3 Å². The number of carbonyl (C=O) groups is 1. The van der Waals surface area contributed by atoms with Crippen molar-refractivity contribution in [2.24, 2.45) is 0 Å². The van der Waals surface area contributed by atoms with Gasteiger partial charge in [-0.15, -0.1) is 0 Å². The van der Waals surface area contributed by atoms with Gasteiger partial charge in [0.15, 0.2) is 0 Å². The summed E-state index contributed by atoms with van der Waals surface area (Å²) in [5.41, 5.74) is 0. The zero-order valence-electron chi connectivity index (χ0n) is 32.7. The largest absolute Gasteiger partial charge is 0.382 e. The Morgan fingerprint density at radius 1 is 0.383 bits per heavy atom. The van der Waals surface area contributed by atoms with Gasteiger partial charge in [0.2, 0.25) is 5.91 Å². The van der Waals surface area contributed by atoms with Crippen LogP contribution in [0.4, 0.5) is 0 Å². The van der Waals surface area contributed by atoms with Crippen molar-refractivity contribution in [2.45, 2.75) is 232 Å². The summed E-state index contributed by atoms with van der Waals surface area (Å²) in [7, 11) is 1.67. The molecule has 282 valence electrons. The Kier molecular flexibility index (Phi) is 41.0. The Balaban J connectivity index is 3.78. The van der Waals surface area contributed by atoms with Crippen LogP contribution in [0.1, 0.15) is 232 Å². The molecule has 0 radical (unpaired) electrons. The number of carbonyl (C=O) groups excluding carboxylic acids is 1. The molecule has 0 bridgehead atoms. The van der Waals surface area contributed by atoms with Crippen molar-refractivity contribution in [3.63, 3.8) is 0 Å². The number of hydrogen-bond acceptors (Lipinski definition) is 3. The average Bonchev–Trinajstić information content (AvgIpc) is 3.08. The van der Waals surface area contributed by atoms with Gasteiger partial charge in [-0.25, -0.2) is 0 Å². The number of unbranched alkanes of at least 4 members (excludes halogenated alkanes) is 32. The Bertz CT molecular complexity index is 545. The first-order valence-electron chi connectivity index (χ1n) is 21.6. The minimum Gasteiger partial charge on any atom is -0.382 e. The molecule has 4 heteroatoms. The van der Waals surface area contributed by atoms with E-state index in [0.717, 1.165) is 25.9 Å². The topological polar surface area (TPSA) is 38.8 Å². The fourth-order valence-corrected chi connectivity index (χ4v) is 6.81. The summed E-state index contributed by atoms with van der Waals surface area (Å²) in [5, 5.41) is 0. The molecule has 0 saturated heterocycles. The number of hydrogen-bond donors (Lipinski definition) is 0. The highest BCUT2D eigenvalue weighted by Gasteiger charge is 2.13. The quantitative estimate of drug-likeness (QED) is 0.0610. The Labute approximate surface area is 296 Å². The molecule has 0 saturated carbocycles. The molecule has 0 unspecified atom stereocenters. The number of rotatable bonds is 41. The van der Waals surface area contributed by atoms with Crippen LogP contribution in [-0.4, -0.2) is 50.8 Å². The van der Waals surface area contributed by atoms with Gasteiger partial charge in [0.1, 0.15) is 6.61 Å². The van der Waals surface area contributed by atoms with E-state index in [0.29, 0.717) is 13.2 Å². The van der Waals surface area contributed by atoms with Crippen LogP contribution >= 0.6 is 0 Å². The van der Waals surface area contributed by atoms with Crippen molar-refractivity contribution >= 4 is 5.91 Å². The fourth-order valence-electron chi connectivity index (χ4n) is 6.81. The van der Waals surface area contributed by atoms with E-state index in [-0.39, 0.29) is 12.5 Å². The number of nitrogens with zero attached hydrogens (tertiary/aromatic N) is 1. The van der Waals surface area contributed by atoms with Gasteiger partial charge in [-0.05, 0) is 12.8 Å². The standard InChI is InChI=1S/C43H87NO3/c1-4-6-8-10-12-14-16-18-20-22-24-26-28-30-32-34-36-38-44(43(45)42-47-41-40-46-3)39-37-35-33-31-29-27-25-23-21-19-17-15-13-11-9-7-5-2/h4-42H2,1-3H3. The molecule has 1 amide bonds. The summed E-state index contributed by atoms with van der Waals surface area (Å²) < 4.78 is 10.6. The minimum atomic E-state index is 0.161. The number of amides is 1. The van der Waals surface area contributed by atoms with Gasteiger partial charge in [-0.3, -0.25) is 4.79 Å². The maximum Gasteiger partial charge on any atom is 0.248 e. The maximum absolute atomic E-state index is 12.9. The lowest BCUT2D eigenvalue weighted by molar-refractivity contribution is -0.136. The van der Waals surface area contributed by atoms with E-state index in [2.05, 4.69) is 18.7 Å². The molecular formula is C43H87NO3. The predicted octanol–water partition coefficient (Wildman–Crippen LogP) is 13.8. The van der Waals surface area contributed by atoms with E-state index in [4.69, 9.17) is 9.47 Å². The van der Waals surface area contributed by atoms with Crippen LogP contribution in [0.3, 0.4) is 0 Å². The molecule has 0 aliphatic heterocycles. The van der Waals surface area contributed by atoms with Gasteiger partial charge in [0.05, 0.1) is 13.2 Å². The summed E-state index contributed by atoms with van der Waals surface area (Å²) in [5.74, 6) is 0.161.